The Bertz CT molecular complexity index is 595. The molecule has 2 aromatic carbocycles. The van der Waals surface area contributed by atoms with E-state index >= 15 is 0 Å². The number of nitrogens with two attached hydrogens (primary N) is 1. The van der Waals surface area contributed by atoms with Gasteiger partial charge in [-0.15, -0.1) is 0 Å². The van der Waals surface area contributed by atoms with Gasteiger partial charge in [0.1, 0.15) is 0 Å². The fourth-order valence-corrected chi connectivity index (χ4v) is 2.90. The quantitative estimate of drug-likeness (QED) is 0.843. The Balaban J connectivity index is 1.62. The molecule has 0 radical (unpaired) electrons. The van der Waals surface area contributed by atoms with Crippen molar-refractivity contribution in [1.29, 1.82) is 0 Å². The number of nitrogens with one attached hydrogen (secondary N) is 1. The molecule has 1 aliphatic rings. The Morgan fingerprint density at radius 2 is 1.95 bits per heavy atom. The summed E-state index contributed by atoms with van der Waals surface area (Å²) in [5, 5.41) is 4.39. The van der Waals surface area contributed by atoms with Crippen LogP contribution in [0.2, 0.25) is 5.02 Å². The van der Waals surface area contributed by atoms with Crippen molar-refractivity contribution in [2.75, 3.05) is 5.73 Å². The van der Waals surface area contributed by atoms with E-state index in [9.17, 15) is 0 Å². The first-order valence-electron chi connectivity index (χ1n) is 6.56. The maximum absolute atomic E-state index is 5.99. The third-order valence-electron chi connectivity index (χ3n) is 3.65. The molecule has 2 nitrogen and oxygen atoms in total. The molecule has 0 aromatic heterocycles. The lowest BCUT2D eigenvalue weighted by molar-refractivity contribution is 0.533. The first kappa shape index (κ1) is 12.5. The third-order valence-corrected chi connectivity index (χ3v) is 3.88. The molecule has 1 unspecified atom stereocenters. The first-order valence-corrected chi connectivity index (χ1v) is 6.93. The number of fused-ring (bicyclic) bond motifs is 1. The zero-order valence-corrected chi connectivity index (χ0v) is 11.5. The van der Waals surface area contributed by atoms with E-state index in [4.69, 9.17) is 17.3 Å². The molecule has 0 fully saturated rings. The van der Waals surface area contributed by atoms with Gasteiger partial charge in [-0.3, -0.25) is 0 Å². The van der Waals surface area contributed by atoms with Gasteiger partial charge in [-0.25, -0.2) is 0 Å². The second-order valence-electron chi connectivity index (χ2n) is 5.14. The molecule has 0 aliphatic heterocycles. The van der Waals surface area contributed by atoms with E-state index in [1.54, 1.807) is 0 Å². The molecule has 3 heteroatoms. The number of benzene rings is 2. The molecule has 98 valence electrons. The molecular weight excluding hydrogens is 256 g/mol. The molecule has 0 heterocycles. The highest BCUT2D eigenvalue weighted by Gasteiger charge is 2.20. The number of halogens is 1. The van der Waals surface area contributed by atoms with Crippen LogP contribution < -0.4 is 11.1 Å². The van der Waals surface area contributed by atoms with Crippen LogP contribution in [0.15, 0.2) is 42.5 Å². The zero-order chi connectivity index (χ0) is 13.2. The van der Waals surface area contributed by atoms with Gasteiger partial charge in [0.2, 0.25) is 0 Å². The summed E-state index contributed by atoms with van der Waals surface area (Å²) in [6.07, 6.45) is 2.14. The number of nitrogen functional groups attached to an aromatic ring is 1. The summed E-state index contributed by atoms with van der Waals surface area (Å²) in [4.78, 5) is 0. The Kier molecular flexibility index (Phi) is 3.45. The predicted molar refractivity (Wildman–Crippen MR) is 80.3 cm³/mol. The summed E-state index contributed by atoms with van der Waals surface area (Å²) in [5.74, 6) is 0. The Labute approximate surface area is 118 Å². The van der Waals surface area contributed by atoms with Crippen LogP contribution in [0.5, 0.6) is 0 Å². The molecule has 0 bridgehead atoms. The van der Waals surface area contributed by atoms with Crippen molar-refractivity contribution in [3.8, 4) is 0 Å². The van der Waals surface area contributed by atoms with Crippen molar-refractivity contribution in [1.82, 2.24) is 5.32 Å². The van der Waals surface area contributed by atoms with Crippen LogP contribution in [0.4, 0.5) is 5.69 Å². The van der Waals surface area contributed by atoms with E-state index in [1.807, 2.05) is 24.3 Å². The molecule has 1 atom stereocenters. The van der Waals surface area contributed by atoms with Crippen LogP contribution in [0, 0.1) is 0 Å². The summed E-state index contributed by atoms with van der Waals surface area (Å²) in [6, 6.07) is 14.7. The Morgan fingerprint density at radius 1 is 1.11 bits per heavy atom. The van der Waals surface area contributed by atoms with E-state index in [0.717, 1.165) is 30.1 Å². The molecule has 3 rings (SSSR count). The number of hydrogen-bond donors (Lipinski definition) is 2. The van der Waals surface area contributed by atoms with Gasteiger partial charge in [-0.05, 0) is 53.8 Å². The lowest BCUT2D eigenvalue weighted by Crippen LogP contribution is -2.28. The number of hydrogen-bond acceptors (Lipinski definition) is 2. The van der Waals surface area contributed by atoms with Gasteiger partial charge in [0.05, 0.1) is 0 Å². The SMILES string of the molecule is Nc1ccc2c(c1)CC(NCc1cccc(Cl)c1)C2. The molecule has 19 heavy (non-hydrogen) atoms. The Morgan fingerprint density at radius 3 is 2.79 bits per heavy atom. The third kappa shape index (κ3) is 2.91. The van der Waals surface area contributed by atoms with E-state index in [-0.39, 0.29) is 0 Å². The summed E-state index contributed by atoms with van der Waals surface area (Å²) in [7, 11) is 0. The topological polar surface area (TPSA) is 38.0 Å². The number of anilines is 1. The van der Waals surface area contributed by atoms with Gasteiger partial charge in [-0.1, -0.05) is 29.8 Å². The summed E-state index contributed by atoms with van der Waals surface area (Å²) >= 11 is 5.99. The zero-order valence-electron chi connectivity index (χ0n) is 10.7. The van der Waals surface area contributed by atoms with Crippen molar-refractivity contribution in [2.24, 2.45) is 0 Å². The standard InChI is InChI=1S/C16H17ClN2/c17-14-3-1-2-11(6-14)10-19-16-8-12-4-5-15(18)7-13(12)9-16/h1-7,16,19H,8-10,18H2. The summed E-state index contributed by atoms with van der Waals surface area (Å²) in [5.41, 5.74) is 10.7. The van der Waals surface area contributed by atoms with Crippen LogP contribution in [0.1, 0.15) is 16.7 Å². The first-order chi connectivity index (χ1) is 9.20. The maximum Gasteiger partial charge on any atom is 0.0409 e. The van der Waals surface area contributed by atoms with Gasteiger partial charge in [0.25, 0.3) is 0 Å². The normalized spacial score (nSPS) is 17.4. The van der Waals surface area contributed by atoms with Crippen LogP contribution in [0.3, 0.4) is 0 Å². The van der Waals surface area contributed by atoms with Crippen LogP contribution in [0.25, 0.3) is 0 Å². The fraction of sp³-hybridized carbons (Fsp3) is 0.250. The van der Waals surface area contributed by atoms with Crippen LogP contribution in [-0.4, -0.2) is 6.04 Å². The van der Waals surface area contributed by atoms with Gasteiger partial charge in [0.15, 0.2) is 0 Å². The second-order valence-corrected chi connectivity index (χ2v) is 5.58. The van der Waals surface area contributed by atoms with Crippen LogP contribution in [-0.2, 0) is 19.4 Å². The molecule has 0 amide bonds. The largest absolute Gasteiger partial charge is 0.399 e. The molecule has 2 aromatic rings. The Hall–Kier alpha value is -1.51. The highest BCUT2D eigenvalue weighted by molar-refractivity contribution is 6.30. The van der Waals surface area contributed by atoms with Crippen molar-refractivity contribution < 1.29 is 0 Å². The smallest absolute Gasteiger partial charge is 0.0409 e. The second kappa shape index (κ2) is 5.24. The molecule has 1 aliphatic carbocycles. The number of rotatable bonds is 3. The van der Waals surface area contributed by atoms with Gasteiger partial charge >= 0.3 is 0 Å². The minimum absolute atomic E-state index is 0.496. The van der Waals surface area contributed by atoms with E-state index in [0.29, 0.717) is 6.04 Å². The average molecular weight is 273 g/mol. The minimum atomic E-state index is 0.496. The monoisotopic (exact) mass is 272 g/mol. The maximum atomic E-state index is 5.99. The van der Waals surface area contributed by atoms with Crippen LogP contribution >= 0.6 is 11.6 Å². The summed E-state index contributed by atoms with van der Waals surface area (Å²) < 4.78 is 0. The lowest BCUT2D eigenvalue weighted by Gasteiger charge is -2.12. The summed E-state index contributed by atoms with van der Waals surface area (Å²) in [6.45, 7) is 0.856. The van der Waals surface area contributed by atoms with Gasteiger partial charge in [-0.2, -0.15) is 0 Å². The minimum Gasteiger partial charge on any atom is -0.399 e. The van der Waals surface area contributed by atoms with E-state index in [1.165, 1.54) is 16.7 Å². The van der Waals surface area contributed by atoms with Crippen molar-refractivity contribution in [3.63, 3.8) is 0 Å². The lowest BCUT2D eigenvalue weighted by atomic mass is 10.1. The predicted octanol–water partition coefficient (Wildman–Crippen LogP) is 3.18. The highest BCUT2D eigenvalue weighted by atomic mass is 35.5. The fourth-order valence-electron chi connectivity index (χ4n) is 2.69. The van der Waals surface area contributed by atoms with Crippen molar-refractivity contribution >= 4 is 17.3 Å². The van der Waals surface area contributed by atoms with Crippen molar-refractivity contribution in [3.05, 3.63) is 64.2 Å². The molecular formula is C16H17ClN2. The van der Waals surface area contributed by atoms with Gasteiger partial charge in [0, 0.05) is 23.3 Å². The van der Waals surface area contributed by atoms with Gasteiger partial charge < -0.3 is 11.1 Å². The van der Waals surface area contributed by atoms with Crippen molar-refractivity contribution in [2.45, 2.75) is 25.4 Å². The highest BCUT2D eigenvalue weighted by Crippen LogP contribution is 2.24. The average Bonchev–Trinajstić information content (AvgIpc) is 2.78. The van der Waals surface area contributed by atoms with E-state index in [2.05, 4.69) is 23.5 Å². The van der Waals surface area contributed by atoms with E-state index < -0.39 is 0 Å². The molecule has 0 saturated heterocycles. The molecule has 0 saturated carbocycles. The molecule has 3 N–H and O–H groups in total. The molecule has 0 spiro atoms.